The summed E-state index contributed by atoms with van der Waals surface area (Å²) in [7, 11) is 0. The second-order valence-electron chi connectivity index (χ2n) is 6.88. The normalized spacial score (nSPS) is 20.8. The average molecular weight is 339 g/mol. The van der Waals surface area contributed by atoms with Gasteiger partial charge in [0.25, 0.3) is 0 Å². The van der Waals surface area contributed by atoms with Gasteiger partial charge in [-0.15, -0.1) is 0 Å². The van der Waals surface area contributed by atoms with E-state index in [1.54, 1.807) is 22.9 Å². The quantitative estimate of drug-likeness (QED) is 0.775. The van der Waals surface area contributed by atoms with Crippen LogP contribution in [0.15, 0.2) is 30.6 Å². The van der Waals surface area contributed by atoms with Gasteiger partial charge in [-0.1, -0.05) is 31.9 Å². The first kappa shape index (κ1) is 16.0. The lowest BCUT2D eigenvalue weighted by molar-refractivity contribution is 0.349. The van der Waals surface area contributed by atoms with Crippen molar-refractivity contribution in [3.63, 3.8) is 0 Å². The van der Waals surface area contributed by atoms with Crippen LogP contribution in [0.5, 0.6) is 0 Å². The summed E-state index contributed by atoms with van der Waals surface area (Å²) in [4.78, 5) is 8.83. The molecule has 1 N–H and O–H groups in total. The zero-order chi connectivity index (χ0) is 17.4. The summed E-state index contributed by atoms with van der Waals surface area (Å²) in [5.74, 6) is 1.09. The van der Waals surface area contributed by atoms with Crippen molar-refractivity contribution in [3.05, 3.63) is 42.1 Å². The summed E-state index contributed by atoms with van der Waals surface area (Å²) in [6.45, 7) is 4.20. The SMILES string of the molecule is Cc1nn(-c2ccccc2F)c2ncnc(NC3CCCCC3C)c12. The van der Waals surface area contributed by atoms with Gasteiger partial charge in [0.2, 0.25) is 0 Å². The first-order chi connectivity index (χ1) is 12.1. The summed E-state index contributed by atoms with van der Waals surface area (Å²) in [5, 5.41) is 8.99. The van der Waals surface area contributed by atoms with Gasteiger partial charge in [0.15, 0.2) is 5.65 Å². The van der Waals surface area contributed by atoms with Gasteiger partial charge in [-0.25, -0.2) is 19.0 Å². The molecule has 0 radical (unpaired) electrons. The monoisotopic (exact) mass is 339 g/mol. The standard InChI is InChI=1S/C19H22FN5/c1-12-7-3-5-9-15(12)23-18-17-13(2)24-25(19(17)22-11-21-18)16-10-6-4-8-14(16)20/h4,6,8,10-12,15H,3,5,7,9H2,1-2H3,(H,21,22,23). The van der Waals surface area contributed by atoms with E-state index in [2.05, 4.69) is 27.3 Å². The van der Waals surface area contributed by atoms with E-state index < -0.39 is 0 Å². The van der Waals surface area contributed by atoms with Crippen LogP contribution in [0.2, 0.25) is 0 Å². The molecule has 1 aliphatic rings. The summed E-state index contributed by atoms with van der Waals surface area (Å²) in [5.41, 5.74) is 1.82. The first-order valence-electron chi connectivity index (χ1n) is 8.87. The molecule has 3 aromatic rings. The number of aromatic nitrogens is 4. The maximum Gasteiger partial charge on any atom is 0.168 e. The van der Waals surface area contributed by atoms with Crippen LogP contribution in [0.4, 0.5) is 10.2 Å². The van der Waals surface area contributed by atoms with E-state index in [4.69, 9.17) is 0 Å². The highest BCUT2D eigenvalue weighted by Crippen LogP contribution is 2.30. The lowest BCUT2D eigenvalue weighted by atomic mass is 9.86. The number of fused-ring (bicyclic) bond motifs is 1. The molecule has 0 aliphatic heterocycles. The third kappa shape index (κ3) is 2.86. The molecule has 25 heavy (non-hydrogen) atoms. The molecule has 5 nitrogen and oxygen atoms in total. The number of rotatable bonds is 3. The molecule has 2 heterocycles. The maximum absolute atomic E-state index is 14.2. The number of benzene rings is 1. The minimum absolute atomic E-state index is 0.319. The highest BCUT2D eigenvalue weighted by atomic mass is 19.1. The Balaban J connectivity index is 1.79. The van der Waals surface area contributed by atoms with E-state index >= 15 is 0 Å². The molecule has 4 rings (SSSR count). The molecule has 2 aromatic heterocycles. The van der Waals surface area contributed by atoms with E-state index in [1.807, 2.05) is 6.92 Å². The fourth-order valence-corrected chi connectivity index (χ4v) is 3.72. The van der Waals surface area contributed by atoms with Crippen LogP contribution in [-0.4, -0.2) is 25.8 Å². The average Bonchev–Trinajstić information content (AvgIpc) is 2.95. The largest absolute Gasteiger partial charge is 0.366 e. The van der Waals surface area contributed by atoms with Crippen molar-refractivity contribution >= 4 is 16.9 Å². The van der Waals surface area contributed by atoms with E-state index in [0.29, 0.717) is 23.3 Å². The fraction of sp³-hybridized carbons (Fsp3) is 0.421. The third-order valence-corrected chi connectivity index (χ3v) is 5.15. The second-order valence-corrected chi connectivity index (χ2v) is 6.88. The molecule has 130 valence electrons. The van der Waals surface area contributed by atoms with E-state index in [9.17, 15) is 4.39 Å². The maximum atomic E-state index is 14.2. The zero-order valence-corrected chi connectivity index (χ0v) is 14.5. The molecule has 0 saturated heterocycles. The first-order valence-corrected chi connectivity index (χ1v) is 8.87. The Morgan fingerprint density at radius 1 is 1.16 bits per heavy atom. The predicted octanol–water partition coefficient (Wildman–Crippen LogP) is 4.25. The van der Waals surface area contributed by atoms with Crippen molar-refractivity contribution in [1.82, 2.24) is 19.7 Å². The molecule has 2 atom stereocenters. The number of nitrogens with one attached hydrogen (secondary N) is 1. The number of hydrogen-bond acceptors (Lipinski definition) is 4. The molecule has 1 aliphatic carbocycles. The summed E-state index contributed by atoms with van der Waals surface area (Å²) < 4.78 is 15.8. The van der Waals surface area contributed by atoms with Crippen LogP contribution in [0.3, 0.4) is 0 Å². The van der Waals surface area contributed by atoms with Gasteiger partial charge in [-0.3, -0.25) is 0 Å². The van der Waals surface area contributed by atoms with Crippen molar-refractivity contribution in [1.29, 1.82) is 0 Å². The molecule has 1 saturated carbocycles. The van der Waals surface area contributed by atoms with Gasteiger partial charge in [-0.2, -0.15) is 5.10 Å². The van der Waals surface area contributed by atoms with E-state index in [0.717, 1.165) is 23.3 Å². The Bertz CT molecular complexity index is 904. The lowest BCUT2D eigenvalue weighted by Gasteiger charge is -2.30. The molecule has 0 amide bonds. The number of anilines is 1. The fourth-order valence-electron chi connectivity index (χ4n) is 3.72. The minimum Gasteiger partial charge on any atom is -0.366 e. The molecule has 0 spiro atoms. The van der Waals surface area contributed by atoms with Crippen LogP contribution in [0.25, 0.3) is 16.7 Å². The van der Waals surface area contributed by atoms with Crippen molar-refractivity contribution in [3.8, 4) is 5.69 Å². The predicted molar refractivity (Wildman–Crippen MR) is 96.4 cm³/mol. The molecule has 6 heteroatoms. The third-order valence-electron chi connectivity index (χ3n) is 5.15. The molecule has 0 bridgehead atoms. The molecule has 2 unspecified atom stereocenters. The Morgan fingerprint density at radius 2 is 1.96 bits per heavy atom. The second kappa shape index (κ2) is 6.43. The smallest absolute Gasteiger partial charge is 0.168 e. The van der Waals surface area contributed by atoms with E-state index in [1.165, 1.54) is 31.7 Å². The van der Waals surface area contributed by atoms with Crippen LogP contribution in [-0.2, 0) is 0 Å². The number of para-hydroxylation sites is 1. The summed E-state index contributed by atoms with van der Waals surface area (Å²) >= 11 is 0. The molecule has 1 fully saturated rings. The number of halogens is 1. The summed E-state index contributed by atoms with van der Waals surface area (Å²) in [6.07, 6.45) is 6.44. The molecule has 1 aromatic carbocycles. The van der Waals surface area contributed by atoms with Crippen molar-refractivity contribution in [2.45, 2.75) is 45.6 Å². The Kier molecular flexibility index (Phi) is 4.11. The van der Waals surface area contributed by atoms with Gasteiger partial charge < -0.3 is 5.32 Å². The Labute approximate surface area is 146 Å². The van der Waals surface area contributed by atoms with Gasteiger partial charge in [0.05, 0.1) is 11.1 Å². The van der Waals surface area contributed by atoms with Gasteiger partial charge in [-0.05, 0) is 37.8 Å². The number of hydrogen-bond donors (Lipinski definition) is 1. The van der Waals surface area contributed by atoms with Crippen molar-refractivity contribution < 1.29 is 4.39 Å². The van der Waals surface area contributed by atoms with Gasteiger partial charge in [0, 0.05) is 6.04 Å². The van der Waals surface area contributed by atoms with Crippen molar-refractivity contribution in [2.24, 2.45) is 5.92 Å². The van der Waals surface area contributed by atoms with Crippen LogP contribution >= 0.6 is 0 Å². The molecular weight excluding hydrogens is 317 g/mol. The number of nitrogens with zero attached hydrogens (tertiary/aromatic N) is 4. The van der Waals surface area contributed by atoms with Crippen LogP contribution in [0, 0.1) is 18.7 Å². The zero-order valence-electron chi connectivity index (χ0n) is 14.5. The highest BCUT2D eigenvalue weighted by molar-refractivity contribution is 5.90. The molecular formula is C19H22FN5. The topological polar surface area (TPSA) is 55.6 Å². The van der Waals surface area contributed by atoms with Crippen LogP contribution in [0.1, 0.15) is 38.3 Å². The van der Waals surface area contributed by atoms with Gasteiger partial charge >= 0.3 is 0 Å². The Hall–Kier alpha value is -2.50. The Morgan fingerprint density at radius 3 is 2.76 bits per heavy atom. The van der Waals surface area contributed by atoms with Crippen molar-refractivity contribution in [2.75, 3.05) is 5.32 Å². The van der Waals surface area contributed by atoms with Gasteiger partial charge in [0.1, 0.15) is 23.6 Å². The lowest BCUT2D eigenvalue weighted by Crippen LogP contribution is -2.30. The number of aryl methyl sites for hydroxylation is 1. The summed E-state index contributed by atoms with van der Waals surface area (Å²) in [6, 6.07) is 7.01. The van der Waals surface area contributed by atoms with E-state index in [-0.39, 0.29) is 5.82 Å². The van der Waals surface area contributed by atoms with Crippen LogP contribution < -0.4 is 5.32 Å². The minimum atomic E-state index is -0.319. The highest BCUT2D eigenvalue weighted by Gasteiger charge is 2.24.